The van der Waals surface area contributed by atoms with Crippen molar-refractivity contribution in [2.24, 2.45) is 0 Å². The average Bonchev–Trinajstić information content (AvgIpc) is 3.21. The number of aryl methyl sites for hydroxylation is 2. The average molecular weight is 422 g/mol. The molecule has 1 heterocycles. The second kappa shape index (κ2) is 8.64. The number of hydrogen-bond donors (Lipinski definition) is 1. The monoisotopic (exact) mass is 421 g/mol. The van der Waals surface area contributed by atoms with Gasteiger partial charge in [-0.1, -0.05) is 36.9 Å². The van der Waals surface area contributed by atoms with Gasteiger partial charge in [-0.25, -0.2) is 4.98 Å². The minimum atomic E-state index is -0.387. The molecule has 156 valence electrons. The predicted molar refractivity (Wildman–Crippen MR) is 123 cm³/mol. The molecule has 6 heteroatoms. The van der Waals surface area contributed by atoms with Crippen molar-refractivity contribution in [2.75, 3.05) is 5.32 Å². The van der Waals surface area contributed by atoms with Gasteiger partial charge in [0.05, 0.1) is 16.2 Å². The highest BCUT2D eigenvalue weighted by atomic mass is 32.2. The summed E-state index contributed by atoms with van der Waals surface area (Å²) >= 11 is 1.34. The van der Waals surface area contributed by atoms with Crippen molar-refractivity contribution >= 4 is 34.3 Å². The van der Waals surface area contributed by atoms with Crippen molar-refractivity contribution in [2.45, 2.75) is 62.9 Å². The minimum absolute atomic E-state index is 0.00378. The molecular weight excluding hydrogens is 394 g/mol. The maximum atomic E-state index is 13.1. The normalized spacial score (nSPS) is 15.0. The number of aromatic nitrogens is 2. The topological polar surface area (TPSA) is 64.0 Å². The number of thioether (sulfide) groups is 1. The molecule has 0 unspecified atom stereocenters. The lowest BCUT2D eigenvalue weighted by Crippen LogP contribution is -2.28. The quantitative estimate of drug-likeness (QED) is 0.451. The fourth-order valence-electron chi connectivity index (χ4n) is 3.89. The lowest BCUT2D eigenvalue weighted by Gasteiger charge is -2.20. The Balaban J connectivity index is 1.59. The van der Waals surface area contributed by atoms with Crippen LogP contribution >= 0.6 is 11.8 Å². The molecule has 2 aromatic carbocycles. The Bertz CT molecular complexity index is 1150. The van der Waals surface area contributed by atoms with E-state index in [4.69, 9.17) is 4.98 Å². The predicted octanol–water partition coefficient (Wildman–Crippen LogP) is 4.98. The molecular formula is C24H27N3O2S. The van der Waals surface area contributed by atoms with Crippen LogP contribution in [0, 0.1) is 0 Å². The number of carbonyl (C=O) groups is 1. The van der Waals surface area contributed by atoms with E-state index in [0.29, 0.717) is 16.1 Å². The van der Waals surface area contributed by atoms with Crippen LogP contribution in [0.3, 0.4) is 0 Å². The standard InChI is InChI=1S/C24H27N3O2S/c1-4-15(2)27-23(29)20-10-5-6-11-21(20)26-24(27)30-16(3)22(28)25-19-13-12-17-8-7-9-18(17)14-19/h5-6,10-16H,4,7-9H2,1-3H3,(H,25,28)/t15-,16+/m0/s1. The number of nitrogens with one attached hydrogen (secondary N) is 1. The summed E-state index contributed by atoms with van der Waals surface area (Å²) in [4.78, 5) is 30.7. The van der Waals surface area contributed by atoms with Gasteiger partial charge in [0.25, 0.3) is 5.56 Å². The number of fused-ring (bicyclic) bond motifs is 2. The van der Waals surface area contributed by atoms with Crippen LogP contribution in [0.1, 0.15) is 50.8 Å². The first-order valence-electron chi connectivity index (χ1n) is 10.6. The van der Waals surface area contributed by atoms with Gasteiger partial charge in [-0.3, -0.25) is 14.2 Å². The van der Waals surface area contributed by atoms with Crippen molar-refractivity contribution in [1.82, 2.24) is 9.55 Å². The van der Waals surface area contributed by atoms with Crippen molar-refractivity contribution < 1.29 is 4.79 Å². The Morgan fingerprint density at radius 3 is 2.73 bits per heavy atom. The van der Waals surface area contributed by atoms with E-state index in [-0.39, 0.29) is 22.8 Å². The molecule has 1 N–H and O–H groups in total. The SMILES string of the molecule is CC[C@H](C)n1c(S[C@H](C)C(=O)Nc2ccc3c(c2)CCC3)nc2ccccc2c1=O. The third kappa shape index (κ3) is 4.01. The van der Waals surface area contributed by atoms with Crippen LogP contribution in [0.5, 0.6) is 0 Å². The lowest BCUT2D eigenvalue weighted by molar-refractivity contribution is -0.115. The molecule has 1 aliphatic rings. The smallest absolute Gasteiger partial charge is 0.262 e. The summed E-state index contributed by atoms with van der Waals surface area (Å²) in [6.07, 6.45) is 4.19. The molecule has 4 rings (SSSR count). The van der Waals surface area contributed by atoms with Crippen molar-refractivity contribution in [3.05, 3.63) is 63.9 Å². The summed E-state index contributed by atoms with van der Waals surface area (Å²) in [5.41, 5.74) is 4.15. The molecule has 0 fully saturated rings. The molecule has 1 amide bonds. The summed E-state index contributed by atoms with van der Waals surface area (Å²) in [6.45, 7) is 5.91. The van der Waals surface area contributed by atoms with Gasteiger partial charge in [-0.05, 0) is 74.9 Å². The summed E-state index contributed by atoms with van der Waals surface area (Å²) in [7, 11) is 0. The Labute approximate surface area is 180 Å². The molecule has 0 spiro atoms. The van der Waals surface area contributed by atoms with Gasteiger partial charge in [0.15, 0.2) is 5.16 Å². The van der Waals surface area contributed by atoms with E-state index in [9.17, 15) is 9.59 Å². The largest absolute Gasteiger partial charge is 0.325 e. The van der Waals surface area contributed by atoms with E-state index in [0.717, 1.165) is 24.9 Å². The zero-order chi connectivity index (χ0) is 21.3. The third-order valence-corrected chi connectivity index (χ3v) is 6.89. The van der Waals surface area contributed by atoms with Gasteiger partial charge < -0.3 is 5.32 Å². The summed E-state index contributed by atoms with van der Waals surface area (Å²) in [6, 6.07) is 13.6. The Morgan fingerprint density at radius 1 is 1.17 bits per heavy atom. The number of nitrogens with zero attached hydrogens (tertiary/aromatic N) is 2. The molecule has 2 atom stereocenters. The molecule has 0 saturated carbocycles. The van der Waals surface area contributed by atoms with Crippen molar-refractivity contribution in [1.29, 1.82) is 0 Å². The number of rotatable bonds is 6. The fourth-order valence-corrected chi connectivity index (χ4v) is 4.89. The first-order valence-corrected chi connectivity index (χ1v) is 11.5. The van der Waals surface area contributed by atoms with Crippen LogP contribution < -0.4 is 10.9 Å². The van der Waals surface area contributed by atoms with Crippen molar-refractivity contribution in [3.8, 4) is 0 Å². The maximum Gasteiger partial charge on any atom is 0.262 e. The summed E-state index contributed by atoms with van der Waals surface area (Å²) < 4.78 is 1.73. The van der Waals surface area contributed by atoms with Gasteiger partial charge in [0, 0.05) is 11.7 Å². The number of hydrogen-bond acceptors (Lipinski definition) is 4. The molecule has 0 aliphatic heterocycles. The molecule has 3 aromatic rings. The van der Waals surface area contributed by atoms with E-state index in [1.54, 1.807) is 4.57 Å². The number of benzene rings is 2. The maximum absolute atomic E-state index is 13.1. The molecule has 1 aliphatic carbocycles. The van der Waals surface area contributed by atoms with Gasteiger partial charge in [0.2, 0.25) is 5.91 Å². The van der Waals surface area contributed by atoms with E-state index in [1.807, 2.05) is 51.1 Å². The number of anilines is 1. The fraction of sp³-hybridized carbons (Fsp3) is 0.375. The van der Waals surface area contributed by atoms with E-state index in [2.05, 4.69) is 17.4 Å². The molecule has 0 radical (unpaired) electrons. The Kier molecular flexibility index (Phi) is 5.95. The molecule has 30 heavy (non-hydrogen) atoms. The zero-order valence-corrected chi connectivity index (χ0v) is 18.5. The van der Waals surface area contributed by atoms with Crippen LogP contribution in [-0.4, -0.2) is 20.7 Å². The van der Waals surface area contributed by atoms with Crippen LogP contribution in [-0.2, 0) is 17.6 Å². The van der Waals surface area contributed by atoms with E-state index in [1.165, 1.54) is 29.3 Å². The molecule has 5 nitrogen and oxygen atoms in total. The highest BCUT2D eigenvalue weighted by Gasteiger charge is 2.22. The Hall–Kier alpha value is -2.60. The first kappa shape index (κ1) is 20.7. The van der Waals surface area contributed by atoms with Crippen molar-refractivity contribution in [3.63, 3.8) is 0 Å². The van der Waals surface area contributed by atoms with Crippen LogP contribution in [0.25, 0.3) is 10.9 Å². The van der Waals surface area contributed by atoms with Crippen LogP contribution in [0.4, 0.5) is 5.69 Å². The van der Waals surface area contributed by atoms with E-state index < -0.39 is 0 Å². The van der Waals surface area contributed by atoms with E-state index >= 15 is 0 Å². The molecule has 1 aromatic heterocycles. The summed E-state index contributed by atoms with van der Waals surface area (Å²) in [5, 5.41) is 3.84. The first-order chi connectivity index (χ1) is 14.5. The van der Waals surface area contributed by atoms with Gasteiger partial charge in [-0.2, -0.15) is 0 Å². The zero-order valence-electron chi connectivity index (χ0n) is 17.6. The number of carbonyl (C=O) groups excluding carboxylic acids is 1. The lowest BCUT2D eigenvalue weighted by atomic mass is 10.1. The second-order valence-corrected chi connectivity index (χ2v) is 9.24. The van der Waals surface area contributed by atoms with Crippen LogP contribution in [0.15, 0.2) is 52.4 Å². The number of amides is 1. The molecule has 0 bridgehead atoms. The Morgan fingerprint density at radius 2 is 1.93 bits per heavy atom. The third-order valence-electron chi connectivity index (χ3n) is 5.82. The molecule has 0 saturated heterocycles. The van der Waals surface area contributed by atoms with Gasteiger partial charge >= 0.3 is 0 Å². The minimum Gasteiger partial charge on any atom is -0.325 e. The number of para-hydroxylation sites is 1. The second-order valence-electron chi connectivity index (χ2n) is 7.93. The highest BCUT2D eigenvalue weighted by Crippen LogP contribution is 2.28. The van der Waals surface area contributed by atoms with Crippen LogP contribution in [0.2, 0.25) is 0 Å². The highest BCUT2D eigenvalue weighted by molar-refractivity contribution is 8.00. The summed E-state index contributed by atoms with van der Waals surface area (Å²) in [5.74, 6) is -0.0870. The van der Waals surface area contributed by atoms with Gasteiger partial charge in [0.1, 0.15) is 0 Å². The van der Waals surface area contributed by atoms with Gasteiger partial charge in [-0.15, -0.1) is 0 Å².